The van der Waals surface area contributed by atoms with Crippen molar-refractivity contribution < 1.29 is 9.53 Å². The first kappa shape index (κ1) is 17.1. The second-order valence-electron chi connectivity index (χ2n) is 4.91. The third-order valence-electron chi connectivity index (χ3n) is 3.22. The lowest BCUT2D eigenvalue weighted by molar-refractivity contribution is -0.117. The predicted octanol–water partition coefficient (Wildman–Crippen LogP) is 3.22. The van der Waals surface area contributed by atoms with Crippen LogP contribution in [0.25, 0.3) is 0 Å². The first-order valence-corrected chi connectivity index (χ1v) is 7.65. The van der Waals surface area contributed by atoms with Crippen LogP contribution in [-0.4, -0.2) is 12.5 Å². The highest BCUT2D eigenvalue weighted by molar-refractivity contribution is 5.97. The molecule has 24 heavy (non-hydrogen) atoms. The van der Waals surface area contributed by atoms with Crippen LogP contribution >= 0.6 is 0 Å². The van der Waals surface area contributed by atoms with Gasteiger partial charge in [0.25, 0.3) is 5.91 Å². The lowest BCUT2D eigenvalue weighted by Gasteiger charge is -2.10. The molecule has 0 bridgehead atoms. The molecule has 122 valence electrons. The Kier molecular flexibility index (Phi) is 6.42. The van der Waals surface area contributed by atoms with Crippen LogP contribution in [-0.2, 0) is 11.3 Å². The number of hydrogen-bond acceptors (Lipinski definition) is 4. The second kappa shape index (κ2) is 9.01. The van der Waals surface area contributed by atoms with Crippen LogP contribution in [0.4, 0.5) is 5.69 Å². The van der Waals surface area contributed by atoms with Crippen LogP contribution in [0.1, 0.15) is 12.5 Å². The van der Waals surface area contributed by atoms with Gasteiger partial charge in [0.05, 0.1) is 12.3 Å². The van der Waals surface area contributed by atoms with Crippen molar-refractivity contribution in [3.8, 4) is 11.8 Å². The summed E-state index contributed by atoms with van der Waals surface area (Å²) in [7, 11) is 0. The normalized spacial score (nSPS) is 10.6. The van der Waals surface area contributed by atoms with E-state index in [1.807, 2.05) is 67.6 Å². The lowest BCUT2D eigenvalue weighted by Crippen LogP contribution is -2.24. The molecule has 2 rings (SSSR count). The number of nitriles is 1. The van der Waals surface area contributed by atoms with Crippen molar-refractivity contribution >= 4 is 11.6 Å². The van der Waals surface area contributed by atoms with E-state index < -0.39 is 5.91 Å². The highest BCUT2D eigenvalue weighted by Crippen LogP contribution is 2.23. The fourth-order valence-electron chi connectivity index (χ4n) is 2.04. The molecule has 2 aromatic carbocycles. The third-order valence-corrected chi connectivity index (χ3v) is 3.22. The lowest BCUT2D eigenvalue weighted by atomic mass is 10.2. The van der Waals surface area contributed by atoms with Crippen LogP contribution in [0.2, 0.25) is 0 Å². The van der Waals surface area contributed by atoms with E-state index in [-0.39, 0.29) is 5.57 Å². The van der Waals surface area contributed by atoms with Crippen molar-refractivity contribution in [2.45, 2.75) is 13.5 Å². The first-order chi connectivity index (χ1) is 11.7. The number of carbonyl (C=O) groups is 1. The van der Waals surface area contributed by atoms with Gasteiger partial charge < -0.3 is 15.4 Å². The number of rotatable bonds is 7. The van der Waals surface area contributed by atoms with E-state index in [9.17, 15) is 10.1 Å². The van der Waals surface area contributed by atoms with E-state index in [0.717, 1.165) is 5.56 Å². The summed E-state index contributed by atoms with van der Waals surface area (Å²) < 4.78 is 5.49. The largest absolute Gasteiger partial charge is 0.492 e. The monoisotopic (exact) mass is 321 g/mol. The third kappa shape index (κ3) is 4.89. The van der Waals surface area contributed by atoms with Gasteiger partial charge >= 0.3 is 0 Å². The van der Waals surface area contributed by atoms with Gasteiger partial charge in [0.1, 0.15) is 17.4 Å². The molecule has 0 radical (unpaired) electrons. The number of nitrogens with one attached hydrogen (secondary N) is 2. The summed E-state index contributed by atoms with van der Waals surface area (Å²) in [4.78, 5) is 12.1. The molecule has 5 heteroatoms. The van der Waals surface area contributed by atoms with Crippen LogP contribution in [0, 0.1) is 11.3 Å². The minimum Gasteiger partial charge on any atom is -0.492 e. The Hall–Kier alpha value is -3.26. The molecule has 0 heterocycles. The van der Waals surface area contributed by atoms with E-state index >= 15 is 0 Å². The smallest absolute Gasteiger partial charge is 0.263 e. The quantitative estimate of drug-likeness (QED) is 0.606. The number of nitrogens with zero attached hydrogens (tertiary/aromatic N) is 1. The molecular formula is C19H19N3O2. The number of benzene rings is 2. The molecule has 0 saturated carbocycles. The average Bonchev–Trinajstić information content (AvgIpc) is 2.63. The summed E-state index contributed by atoms with van der Waals surface area (Å²) in [5.41, 5.74) is 1.66. The molecule has 0 aliphatic carbocycles. The van der Waals surface area contributed by atoms with Gasteiger partial charge in [-0.3, -0.25) is 4.79 Å². The van der Waals surface area contributed by atoms with Gasteiger partial charge in [-0.25, -0.2) is 0 Å². The molecule has 0 aliphatic rings. The van der Waals surface area contributed by atoms with E-state index in [1.165, 1.54) is 6.20 Å². The second-order valence-corrected chi connectivity index (χ2v) is 4.91. The Balaban J connectivity index is 2.01. The molecule has 2 aromatic rings. The zero-order valence-electron chi connectivity index (χ0n) is 13.5. The fraction of sp³-hybridized carbons (Fsp3) is 0.158. The van der Waals surface area contributed by atoms with Gasteiger partial charge in [0.15, 0.2) is 0 Å². The summed E-state index contributed by atoms with van der Waals surface area (Å²) in [5, 5.41) is 14.9. The maximum Gasteiger partial charge on any atom is 0.263 e. The predicted molar refractivity (Wildman–Crippen MR) is 93.2 cm³/mol. The first-order valence-electron chi connectivity index (χ1n) is 7.65. The van der Waals surface area contributed by atoms with Crippen LogP contribution in [0.15, 0.2) is 66.4 Å². The molecule has 2 N–H and O–H groups in total. The Morgan fingerprint density at radius 1 is 1.17 bits per heavy atom. The number of hydrogen-bond donors (Lipinski definition) is 2. The van der Waals surface area contributed by atoms with Crippen molar-refractivity contribution in [3.05, 3.63) is 71.9 Å². The summed E-state index contributed by atoms with van der Waals surface area (Å²) in [6, 6.07) is 18.8. The molecule has 0 aliphatic heterocycles. The van der Waals surface area contributed by atoms with Crippen molar-refractivity contribution in [1.29, 1.82) is 5.26 Å². The van der Waals surface area contributed by atoms with Crippen LogP contribution in [0.3, 0.4) is 0 Å². The van der Waals surface area contributed by atoms with Gasteiger partial charge in [-0.05, 0) is 24.6 Å². The molecule has 0 spiro atoms. The van der Waals surface area contributed by atoms with Crippen LogP contribution in [0.5, 0.6) is 5.75 Å². The molecule has 1 amide bonds. The molecule has 0 fully saturated rings. The number of para-hydroxylation sites is 2. The van der Waals surface area contributed by atoms with Gasteiger partial charge in [-0.15, -0.1) is 0 Å². The molecule has 5 nitrogen and oxygen atoms in total. The Morgan fingerprint density at radius 3 is 2.58 bits per heavy atom. The van der Waals surface area contributed by atoms with Crippen molar-refractivity contribution in [2.75, 3.05) is 11.9 Å². The minimum atomic E-state index is -0.428. The number of carbonyl (C=O) groups excluding carboxylic acids is 1. The Labute approximate surface area is 141 Å². The highest BCUT2D eigenvalue weighted by Gasteiger charge is 2.09. The maximum atomic E-state index is 12.1. The van der Waals surface area contributed by atoms with Crippen molar-refractivity contribution in [2.24, 2.45) is 0 Å². The topological polar surface area (TPSA) is 74.1 Å². The maximum absolute atomic E-state index is 12.1. The number of anilines is 1. The number of ether oxygens (including phenoxy) is 1. The van der Waals surface area contributed by atoms with Crippen molar-refractivity contribution in [3.63, 3.8) is 0 Å². The molecule has 0 aromatic heterocycles. The molecular weight excluding hydrogens is 302 g/mol. The van der Waals surface area contributed by atoms with E-state index in [1.54, 1.807) is 0 Å². The minimum absolute atomic E-state index is 0.00256. The molecule has 0 unspecified atom stereocenters. The zero-order valence-corrected chi connectivity index (χ0v) is 13.5. The summed E-state index contributed by atoms with van der Waals surface area (Å²) in [5.74, 6) is 0.237. The van der Waals surface area contributed by atoms with Gasteiger partial charge in [-0.1, -0.05) is 42.5 Å². The fourth-order valence-corrected chi connectivity index (χ4v) is 2.04. The standard InChI is InChI=1S/C19H19N3O2/c1-2-24-18-11-7-6-10-17(18)21-14-16(12-20)19(23)22-13-15-8-4-3-5-9-15/h3-11,14,21H,2,13H2,1H3,(H,22,23)/b16-14-. The molecule has 0 atom stereocenters. The van der Waals surface area contributed by atoms with E-state index in [2.05, 4.69) is 10.6 Å². The van der Waals surface area contributed by atoms with Gasteiger partial charge in [0, 0.05) is 12.7 Å². The summed E-state index contributed by atoms with van der Waals surface area (Å²) in [6.45, 7) is 2.80. The highest BCUT2D eigenvalue weighted by atomic mass is 16.5. The Morgan fingerprint density at radius 2 is 1.88 bits per heavy atom. The summed E-state index contributed by atoms with van der Waals surface area (Å²) in [6.07, 6.45) is 1.39. The summed E-state index contributed by atoms with van der Waals surface area (Å²) >= 11 is 0. The zero-order chi connectivity index (χ0) is 17.2. The van der Waals surface area contributed by atoms with E-state index in [0.29, 0.717) is 24.6 Å². The SMILES string of the molecule is CCOc1ccccc1N/C=C(/C#N)C(=O)NCc1ccccc1. The van der Waals surface area contributed by atoms with Gasteiger partial charge in [0.2, 0.25) is 0 Å². The Bertz CT molecular complexity index is 749. The molecule has 0 saturated heterocycles. The van der Waals surface area contributed by atoms with Crippen LogP contribution < -0.4 is 15.4 Å². The average molecular weight is 321 g/mol. The number of amides is 1. The van der Waals surface area contributed by atoms with Gasteiger partial charge in [-0.2, -0.15) is 5.26 Å². The van der Waals surface area contributed by atoms with E-state index in [4.69, 9.17) is 4.74 Å². The van der Waals surface area contributed by atoms with Crippen molar-refractivity contribution in [1.82, 2.24) is 5.32 Å².